The Balaban J connectivity index is 1.74. The van der Waals surface area contributed by atoms with Gasteiger partial charge in [0.2, 0.25) is 0 Å². The number of rotatable bonds is 5. The quantitative estimate of drug-likeness (QED) is 0.896. The van der Waals surface area contributed by atoms with Gasteiger partial charge >= 0.3 is 6.03 Å². The van der Waals surface area contributed by atoms with Gasteiger partial charge in [-0.3, -0.25) is 4.90 Å². The van der Waals surface area contributed by atoms with E-state index in [0.717, 1.165) is 24.7 Å². The Morgan fingerprint density at radius 2 is 1.83 bits per heavy atom. The van der Waals surface area contributed by atoms with E-state index in [9.17, 15) is 4.79 Å². The van der Waals surface area contributed by atoms with Crippen LogP contribution in [0.4, 0.5) is 10.5 Å². The molecule has 1 aliphatic rings. The van der Waals surface area contributed by atoms with Gasteiger partial charge in [0.25, 0.3) is 0 Å². The number of hydrogen-bond donors (Lipinski definition) is 1. The summed E-state index contributed by atoms with van der Waals surface area (Å²) in [5.74, 6) is 2.21. The minimum absolute atomic E-state index is 0.0358. The van der Waals surface area contributed by atoms with Gasteiger partial charge in [-0.15, -0.1) is 11.8 Å². The molecule has 24 heavy (non-hydrogen) atoms. The lowest BCUT2D eigenvalue weighted by Crippen LogP contribution is -2.40. The zero-order valence-electron chi connectivity index (χ0n) is 13.9. The molecule has 2 amide bonds. The summed E-state index contributed by atoms with van der Waals surface area (Å²) in [6.07, 6.45) is 0. The Labute approximate surface area is 147 Å². The van der Waals surface area contributed by atoms with E-state index in [1.807, 2.05) is 72.2 Å². The van der Waals surface area contributed by atoms with Crippen LogP contribution in [0.1, 0.15) is 11.6 Å². The lowest BCUT2D eigenvalue weighted by Gasteiger charge is -2.31. The number of carbonyl (C=O) groups is 1. The van der Waals surface area contributed by atoms with Crippen molar-refractivity contribution < 1.29 is 4.79 Å². The fraction of sp³-hybridized carbons (Fsp3) is 0.316. The van der Waals surface area contributed by atoms with Crippen molar-refractivity contribution in [2.45, 2.75) is 6.04 Å². The van der Waals surface area contributed by atoms with Crippen LogP contribution in [0.5, 0.6) is 0 Å². The van der Waals surface area contributed by atoms with Crippen molar-refractivity contribution >= 4 is 23.5 Å². The molecule has 1 saturated heterocycles. The van der Waals surface area contributed by atoms with E-state index in [2.05, 4.69) is 22.3 Å². The van der Waals surface area contributed by atoms with Crippen molar-refractivity contribution in [1.82, 2.24) is 9.80 Å². The molecule has 1 atom stereocenters. The molecule has 1 unspecified atom stereocenters. The van der Waals surface area contributed by atoms with Crippen LogP contribution in [0, 0.1) is 0 Å². The third-order valence-corrected chi connectivity index (χ3v) is 5.27. The fourth-order valence-electron chi connectivity index (χ4n) is 2.84. The summed E-state index contributed by atoms with van der Waals surface area (Å²) in [6, 6.07) is 19.8. The second kappa shape index (κ2) is 8.22. The van der Waals surface area contributed by atoms with Crippen LogP contribution < -0.4 is 5.32 Å². The first-order valence-corrected chi connectivity index (χ1v) is 9.33. The van der Waals surface area contributed by atoms with Gasteiger partial charge < -0.3 is 10.2 Å². The monoisotopic (exact) mass is 341 g/mol. The van der Waals surface area contributed by atoms with Crippen LogP contribution in [-0.2, 0) is 0 Å². The number of hydrogen-bond acceptors (Lipinski definition) is 3. The van der Waals surface area contributed by atoms with Gasteiger partial charge in [0.1, 0.15) is 0 Å². The zero-order chi connectivity index (χ0) is 16.8. The van der Waals surface area contributed by atoms with Crippen molar-refractivity contribution in [3.63, 3.8) is 0 Å². The number of nitrogens with one attached hydrogen (secondary N) is 1. The maximum absolute atomic E-state index is 12.7. The lowest BCUT2D eigenvalue weighted by atomic mass is 10.1. The number of thioether (sulfide) groups is 1. The molecule has 2 aromatic rings. The van der Waals surface area contributed by atoms with E-state index in [1.54, 1.807) is 0 Å². The molecule has 0 aromatic heterocycles. The minimum atomic E-state index is -0.0816. The predicted molar refractivity (Wildman–Crippen MR) is 101 cm³/mol. The molecule has 1 aliphatic heterocycles. The second-order valence-corrected chi connectivity index (χ2v) is 7.02. The molecule has 0 radical (unpaired) electrons. The number of anilines is 1. The van der Waals surface area contributed by atoms with Crippen molar-refractivity contribution in [3.05, 3.63) is 66.2 Å². The highest BCUT2D eigenvalue weighted by Crippen LogP contribution is 2.24. The highest BCUT2D eigenvalue weighted by Gasteiger charge is 2.25. The van der Waals surface area contributed by atoms with Crippen LogP contribution in [0.15, 0.2) is 60.7 Å². The van der Waals surface area contributed by atoms with Crippen LogP contribution >= 0.6 is 11.8 Å². The van der Waals surface area contributed by atoms with Crippen molar-refractivity contribution in [2.75, 3.05) is 37.1 Å². The van der Waals surface area contributed by atoms with Crippen LogP contribution in [0.3, 0.4) is 0 Å². The van der Waals surface area contributed by atoms with E-state index >= 15 is 0 Å². The number of nitrogens with zero attached hydrogens (tertiary/aromatic N) is 2. The van der Waals surface area contributed by atoms with Crippen LogP contribution in [0.25, 0.3) is 0 Å². The molecular weight excluding hydrogens is 318 g/mol. The Morgan fingerprint density at radius 1 is 1.17 bits per heavy atom. The third kappa shape index (κ3) is 4.30. The molecule has 4 nitrogen and oxygen atoms in total. The Hall–Kier alpha value is -1.98. The number of amides is 2. The second-order valence-electron chi connectivity index (χ2n) is 5.95. The predicted octanol–water partition coefficient (Wildman–Crippen LogP) is 3.90. The van der Waals surface area contributed by atoms with E-state index in [1.165, 1.54) is 11.3 Å². The van der Waals surface area contributed by atoms with E-state index in [0.29, 0.717) is 0 Å². The third-order valence-electron chi connectivity index (χ3n) is 4.25. The molecule has 1 fully saturated rings. The van der Waals surface area contributed by atoms with E-state index < -0.39 is 0 Å². The summed E-state index contributed by atoms with van der Waals surface area (Å²) in [5.41, 5.74) is 1.98. The molecule has 126 valence electrons. The fourth-order valence-corrected chi connectivity index (χ4v) is 3.85. The van der Waals surface area contributed by atoms with E-state index in [-0.39, 0.29) is 12.1 Å². The van der Waals surface area contributed by atoms with Crippen molar-refractivity contribution in [3.8, 4) is 0 Å². The molecule has 1 heterocycles. The number of para-hydroxylation sites is 1. The number of likely N-dealkylation sites (N-methyl/N-ethyl adjacent to an activating group) is 1. The first-order chi connectivity index (χ1) is 11.7. The molecule has 3 rings (SSSR count). The van der Waals surface area contributed by atoms with E-state index in [4.69, 9.17) is 0 Å². The minimum Gasteiger partial charge on any atom is -0.319 e. The first kappa shape index (κ1) is 16.9. The van der Waals surface area contributed by atoms with Gasteiger partial charge in [-0.05, 0) is 17.7 Å². The standard InChI is InChI=1S/C19H23N3OS/c1-21(19(23)20-17-10-6-3-7-11-17)18(14-22-12-13-24-15-22)16-8-4-2-5-9-16/h2-11,18H,12-15H2,1H3,(H,20,23). The maximum atomic E-state index is 12.7. The normalized spacial score (nSPS) is 15.9. The molecule has 0 bridgehead atoms. The molecule has 0 saturated carbocycles. The van der Waals surface area contributed by atoms with Gasteiger partial charge in [-0.25, -0.2) is 4.79 Å². The average molecular weight is 341 g/mol. The molecule has 5 heteroatoms. The van der Waals surface area contributed by atoms with Crippen molar-refractivity contribution in [2.24, 2.45) is 0 Å². The Bertz CT molecular complexity index is 644. The SMILES string of the molecule is CN(C(=O)Nc1ccccc1)C(CN1CCSC1)c1ccccc1. The largest absolute Gasteiger partial charge is 0.322 e. The van der Waals surface area contributed by atoms with Gasteiger partial charge in [-0.1, -0.05) is 48.5 Å². The van der Waals surface area contributed by atoms with Crippen LogP contribution in [0.2, 0.25) is 0 Å². The number of urea groups is 1. The summed E-state index contributed by atoms with van der Waals surface area (Å²) < 4.78 is 0. The summed E-state index contributed by atoms with van der Waals surface area (Å²) in [7, 11) is 1.87. The highest BCUT2D eigenvalue weighted by atomic mass is 32.2. The van der Waals surface area contributed by atoms with Gasteiger partial charge in [0, 0.05) is 37.5 Å². The Kier molecular flexibility index (Phi) is 5.77. The molecule has 2 aromatic carbocycles. The number of carbonyl (C=O) groups excluding carboxylic acids is 1. The lowest BCUT2D eigenvalue weighted by molar-refractivity contribution is 0.183. The Morgan fingerprint density at radius 3 is 2.46 bits per heavy atom. The molecule has 0 spiro atoms. The maximum Gasteiger partial charge on any atom is 0.322 e. The zero-order valence-corrected chi connectivity index (χ0v) is 14.7. The topological polar surface area (TPSA) is 35.6 Å². The van der Waals surface area contributed by atoms with Gasteiger partial charge in [0.05, 0.1) is 6.04 Å². The van der Waals surface area contributed by atoms with Gasteiger partial charge in [0.15, 0.2) is 0 Å². The molecule has 1 N–H and O–H groups in total. The van der Waals surface area contributed by atoms with Crippen molar-refractivity contribution in [1.29, 1.82) is 0 Å². The average Bonchev–Trinajstić information content (AvgIpc) is 3.14. The smallest absolute Gasteiger partial charge is 0.319 e. The molecular formula is C19H23N3OS. The summed E-state index contributed by atoms with van der Waals surface area (Å²) in [4.78, 5) is 16.9. The summed E-state index contributed by atoms with van der Waals surface area (Å²) >= 11 is 1.95. The summed E-state index contributed by atoms with van der Waals surface area (Å²) in [6.45, 7) is 1.94. The van der Waals surface area contributed by atoms with Crippen LogP contribution in [-0.4, -0.2) is 47.6 Å². The molecule has 0 aliphatic carbocycles. The summed E-state index contributed by atoms with van der Waals surface area (Å²) in [5, 5.41) is 2.98. The van der Waals surface area contributed by atoms with Gasteiger partial charge in [-0.2, -0.15) is 0 Å². The number of benzene rings is 2. The highest BCUT2D eigenvalue weighted by molar-refractivity contribution is 7.99. The first-order valence-electron chi connectivity index (χ1n) is 8.18.